The van der Waals surface area contributed by atoms with Crippen LogP contribution < -0.4 is 0 Å². The molecule has 0 aliphatic carbocycles. The maximum atomic E-state index is 2.29. The quantitative estimate of drug-likeness (QED) is 0.536. The first-order chi connectivity index (χ1) is 9.86. The summed E-state index contributed by atoms with van der Waals surface area (Å²) in [6.07, 6.45) is 7.67. The van der Waals surface area contributed by atoms with E-state index in [1.807, 2.05) is 0 Å². The number of unbranched alkanes of at least 4 members (excludes halogenated alkanes) is 3. The van der Waals surface area contributed by atoms with Crippen LogP contribution in [0.5, 0.6) is 0 Å². The van der Waals surface area contributed by atoms with Crippen LogP contribution in [-0.4, -0.2) is 0 Å². The molecule has 0 fully saturated rings. The third-order valence-electron chi connectivity index (χ3n) is 4.02. The average molecular weight is 266 g/mol. The summed E-state index contributed by atoms with van der Waals surface area (Å²) in [6.45, 7) is 4.54. The van der Waals surface area contributed by atoms with Crippen molar-refractivity contribution in [1.29, 1.82) is 0 Å². The van der Waals surface area contributed by atoms with E-state index in [2.05, 4.69) is 62.4 Å². The predicted octanol–water partition coefficient (Wildman–Crippen LogP) is 6.04. The summed E-state index contributed by atoms with van der Waals surface area (Å²) in [5.74, 6) is 0. The van der Waals surface area contributed by atoms with Crippen LogP contribution in [0.3, 0.4) is 0 Å². The summed E-state index contributed by atoms with van der Waals surface area (Å²) in [6, 6.07) is 17.6. The highest BCUT2D eigenvalue weighted by atomic mass is 14.1. The number of hydrogen-bond donors (Lipinski definition) is 0. The van der Waals surface area contributed by atoms with Crippen molar-refractivity contribution in [2.24, 2.45) is 0 Å². The SMILES string of the molecule is CCCCCCc1c(CC)cccc1-c1ccccc1. The smallest absolute Gasteiger partial charge is 0.0149 e. The predicted molar refractivity (Wildman–Crippen MR) is 89.1 cm³/mol. The van der Waals surface area contributed by atoms with Gasteiger partial charge in [-0.05, 0) is 41.5 Å². The molecule has 0 amide bonds. The second kappa shape index (κ2) is 7.89. The molecule has 0 aromatic heterocycles. The number of hydrogen-bond acceptors (Lipinski definition) is 0. The van der Waals surface area contributed by atoms with Gasteiger partial charge in [0.2, 0.25) is 0 Å². The summed E-state index contributed by atoms with van der Waals surface area (Å²) >= 11 is 0. The molecular formula is C20H26. The minimum atomic E-state index is 1.13. The molecule has 0 heteroatoms. The summed E-state index contributed by atoms with van der Waals surface area (Å²) in [4.78, 5) is 0. The number of benzene rings is 2. The Balaban J connectivity index is 2.26. The molecule has 2 aromatic rings. The number of rotatable bonds is 7. The Morgan fingerprint density at radius 3 is 2.25 bits per heavy atom. The molecular weight excluding hydrogens is 240 g/mol. The Hall–Kier alpha value is -1.56. The van der Waals surface area contributed by atoms with E-state index in [0.717, 1.165) is 6.42 Å². The normalized spacial score (nSPS) is 10.7. The zero-order valence-electron chi connectivity index (χ0n) is 12.9. The summed E-state index contributed by atoms with van der Waals surface area (Å²) in [5.41, 5.74) is 5.87. The van der Waals surface area contributed by atoms with Gasteiger partial charge in [-0.25, -0.2) is 0 Å². The molecule has 0 N–H and O–H groups in total. The van der Waals surface area contributed by atoms with Crippen LogP contribution in [0.1, 0.15) is 50.7 Å². The third-order valence-corrected chi connectivity index (χ3v) is 4.02. The molecule has 2 rings (SSSR count). The lowest BCUT2D eigenvalue weighted by Crippen LogP contribution is -1.97. The Kier molecular flexibility index (Phi) is 5.86. The van der Waals surface area contributed by atoms with E-state index < -0.39 is 0 Å². The monoisotopic (exact) mass is 266 g/mol. The van der Waals surface area contributed by atoms with Crippen molar-refractivity contribution in [2.75, 3.05) is 0 Å². The fourth-order valence-electron chi connectivity index (χ4n) is 2.88. The van der Waals surface area contributed by atoms with Crippen molar-refractivity contribution < 1.29 is 0 Å². The van der Waals surface area contributed by atoms with Gasteiger partial charge in [-0.1, -0.05) is 81.6 Å². The van der Waals surface area contributed by atoms with Gasteiger partial charge in [0.25, 0.3) is 0 Å². The van der Waals surface area contributed by atoms with Gasteiger partial charge in [0.15, 0.2) is 0 Å². The Bertz CT molecular complexity index is 511. The Morgan fingerprint density at radius 2 is 1.55 bits per heavy atom. The molecule has 0 aliphatic rings. The van der Waals surface area contributed by atoms with Gasteiger partial charge >= 0.3 is 0 Å². The molecule has 0 unspecified atom stereocenters. The van der Waals surface area contributed by atoms with Crippen LogP contribution in [0.15, 0.2) is 48.5 Å². The van der Waals surface area contributed by atoms with Gasteiger partial charge in [0.1, 0.15) is 0 Å². The fraction of sp³-hybridized carbons (Fsp3) is 0.400. The molecule has 0 saturated carbocycles. The van der Waals surface area contributed by atoms with Crippen LogP contribution in [0.4, 0.5) is 0 Å². The second-order valence-corrected chi connectivity index (χ2v) is 5.47. The molecule has 0 atom stereocenters. The van der Waals surface area contributed by atoms with E-state index in [4.69, 9.17) is 0 Å². The lowest BCUT2D eigenvalue weighted by molar-refractivity contribution is 0.665. The molecule has 20 heavy (non-hydrogen) atoms. The molecule has 106 valence electrons. The van der Waals surface area contributed by atoms with E-state index in [9.17, 15) is 0 Å². The summed E-state index contributed by atoms with van der Waals surface area (Å²) in [7, 11) is 0. The van der Waals surface area contributed by atoms with Crippen LogP contribution in [0.2, 0.25) is 0 Å². The number of aryl methyl sites for hydroxylation is 1. The van der Waals surface area contributed by atoms with Crippen molar-refractivity contribution in [3.05, 3.63) is 59.7 Å². The van der Waals surface area contributed by atoms with E-state index >= 15 is 0 Å². The van der Waals surface area contributed by atoms with E-state index in [-0.39, 0.29) is 0 Å². The van der Waals surface area contributed by atoms with Gasteiger partial charge < -0.3 is 0 Å². The third kappa shape index (κ3) is 3.72. The largest absolute Gasteiger partial charge is 0.0654 e. The van der Waals surface area contributed by atoms with Gasteiger partial charge in [0.05, 0.1) is 0 Å². The molecule has 0 radical (unpaired) electrons. The highest BCUT2D eigenvalue weighted by Gasteiger charge is 2.08. The van der Waals surface area contributed by atoms with Crippen molar-refractivity contribution in [2.45, 2.75) is 52.4 Å². The van der Waals surface area contributed by atoms with Crippen molar-refractivity contribution in [3.8, 4) is 11.1 Å². The molecule has 0 bridgehead atoms. The van der Waals surface area contributed by atoms with Crippen molar-refractivity contribution in [3.63, 3.8) is 0 Å². The second-order valence-electron chi connectivity index (χ2n) is 5.47. The highest BCUT2D eigenvalue weighted by Crippen LogP contribution is 2.28. The van der Waals surface area contributed by atoms with E-state index in [0.29, 0.717) is 0 Å². The molecule has 0 spiro atoms. The summed E-state index contributed by atoms with van der Waals surface area (Å²) < 4.78 is 0. The lowest BCUT2D eigenvalue weighted by Gasteiger charge is -2.14. The van der Waals surface area contributed by atoms with E-state index in [1.54, 1.807) is 5.56 Å². The zero-order valence-corrected chi connectivity index (χ0v) is 12.9. The van der Waals surface area contributed by atoms with Gasteiger partial charge in [0, 0.05) is 0 Å². The van der Waals surface area contributed by atoms with Crippen LogP contribution in [-0.2, 0) is 12.8 Å². The first-order valence-electron chi connectivity index (χ1n) is 8.03. The van der Waals surface area contributed by atoms with Crippen LogP contribution in [0.25, 0.3) is 11.1 Å². The zero-order chi connectivity index (χ0) is 14.2. The Labute approximate surface area is 123 Å². The summed E-state index contributed by atoms with van der Waals surface area (Å²) in [5, 5.41) is 0. The highest BCUT2D eigenvalue weighted by molar-refractivity contribution is 5.68. The lowest BCUT2D eigenvalue weighted by atomic mass is 9.91. The minimum Gasteiger partial charge on any atom is -0.0654 e. The molecule has 2 aromatic carbocycles. The van der Waals surface area contributed by atoms with Gasteiger partial charge in [-0.3, -0.25) is 0 Å². The van der Waals surface area contributed by atoms with Crippen molar-refractivity contribution >= 4 is 0 Å². The Morgan fingerprint density at radius 1 is 0.750 bits per heavy atom. The van der Waals surface area contributed by atoms with Gasteiger partial charge in [-0.2, -0.15) is 0 Å². The average Bonchev–Trinajstić information content (AvgIpc) is 2.52. The topological polar surface area (TPSA) is 0 Å². The minimum absolute atomic E-state index is 1.13. The van der Waals surface area contributed by atoms with Crippen molar-refractivity contribution in [1.82, 2.24) is 0 Å². The van der Waals surface area contributed by atoms with Crippen LogP contribution in [0, 0.1) is 0 Å². The van der Waals surface area contributed by atoms with E-state index in [1.165, 1.54) is 48.8 Å². The van der Waals surface area contributed by atoms with Gasteiger partial charge in [-0.15, -0.1) is 0 Å². The molecule has 0 nitrogen and oxygen atoms in total. The first kappa shape index (κ1) is 14.8. The molecule has 0 heterocycles. The first-order valence-corrected chi connectivity index (χ1v) is 8.03. The molecule has 0 saturated heterocycles. The van der Waals surface area contributed by atoms with Crippen LogP contribution >= 0.6 is 0 Å². The standard InChI is InChI=1S/C20H26/c1-3-5-6-10-15-19-17(4-2)14-11-16-20(19)18-12-8-7-9-13-18/h7-9,11-14,16H,3-6,10,15H2,1-2H3. The maximum Gasteiger partial charge on any atom is -0.0149 e. The molecule has 0 aliphatic heterocycles. The maximum absolute atomic E-state index is 2.29. The fourth-order valence-corrected chi connectivity index (χ4v) is 2.88.